The van der Waals surface area contributed by atoms with Crippen molar-refractivity contribution in [2.75, 3.05) is 39.3 Å². The number of hydrogen-bond donors (Lipinski definition) is 1. The second kappa shape index (κ2) is 7.62. The summed E-state index contributed by atoms with van der Waals surface area (Å²) in [6, 6.07) is 0. The van der Waals surface area contributed by atoms with E-state index in [0.29, 0.717) is 25.3 Å². The highest BCUT2D eigenvalue weighted by molar-refractivity contribution is 5.79. The summed E-state index contributed by atoms with van der Waals surface area (Å²) in [6.07, 6.45) is 4.38. The molecule has 0 aromatic rings. The van der Waals surface area contributed by atoms with Crippen molar-refractivity contribution in [3.8, 4) is 0 Å². The van der Waals surface area contributed by atoms with Gasteiger partial charge in [0, 0.05) is 52.1 Å². The molecule has 0 aliphatic carbocycles. The van der Waals surface area contributed by atoms with Crippen LogP contribution in [0.15, 0.2) is 0 Å². The highest BCUT2D eigenvalue weighted by Gasteiger charge is 2.23. The monoisotopic (exact) mass is 281 g/mol. The molecule has 1 atom stereocenters. The fraction of sp³-hybridized carbons (Fsp3) is 0.867. The van der Waals surface area contributed by atoms with Crippen LogP contribution in [-0.4, -0.2) is 60.9 Å². The molecule has 0 aromatic heterocycles. The van der Waals surface area contributed by atoms with Gasteiger partial charge in [0.25, 0.3) is 0 Å². The van der Waals surface area contributed by atoms with Crippen molar-refractivity contribution in [1.29, 1.82) is 0 Å². The maximum absolute atomic E-state index is 12.1. The van der Waals surface area contributed by atoms with Crippen LogP contribution in [0.4, 0.5) is 0 Å². The molecule has 1 N–H and O–H groups in total. The molecule has 2 fully saturated rings. The Balaban J connectivity index is 1.77. The first-order chi connectivity index (χ1) is 9.70. The van der Waals surface area contributed by atoms with Crippen LogP contribution in [-0.2, 0) is 9.59 Å². The average molecular weight is 281 g/mol. The molecular formula is C15H27N3O2. The topological polar surface area (TPSA) is 52.7 Å². The summed E-state index contributed by atoms with van der Waals surface area (Å²) in [5.41, 5.74) is 0. The van der Waals surface area contributed by atoms with E-state index in [1.807, 2.05) is 9.80 Å². The van der Waals surface area contributed by atoms with Gasteiger partial charge in [-0.15, -0.1) is 0 Å². The number of rotatable bonds is 4. The average Bonchev–Trinajstić information content (AvgIpc) is 2.67. The summed E-state index contributed by atoms with van der Waals surface area (Å²) in [5.74, 6) is 1.09. The van der Waals surface area contributed by atoms with Crippen molar-refractivity contribution in [2.24, 2.45) is 5.92 Å². The minimum Gasteiger partial charge on any atom is -0.342 e. The molecule has 2 amide bonds. The third kappa shape index (κ3) is 4.20. The van der Waals surface area contributed by atoms with Gasteiger partial charge in [-0.1, -0.05) is 13.3 Å². The molecule has 2 saturated heterocycles. The fourth-order valence-electron chi connectivity index (χ4n) is 3.04. The van der Waals surface area contributed by atoms with Crippen LogP contribution in [0.3, 0.4) is 0 Å². The van der Waals surface area contributed by atoms with E-state index >= 15 is 0 Å². The molecule has 1 unspecified atom stereocenters. The lowest BCUT2D eigenvalue weighted by Crippen LogP contribution is -2.47. The SMILES string of the molecule is CCC1CCC(=O)N(CCC(=O)N2CCNCC2)CC1. The first kappa shape index (κ1) is 15.3. The zero-order valence-electron chi connectivity index (χ0n) is 12.6. The Labute approximate surface area is 121 Å². The van der Waals surface area contributed by atoms with E-state index in [1.165, 1.54) is 0 Å². The van der Waals surface area contributed by atoms with Crippen LogP contribution in [0, 0.1) is 5.92 Å². The Morgan fingerprint density at radius 1 is 1.25 bits per heavy atom. The van der Waals surface area contributed by atoms with Crippen molar-refractivity contribution >= 4 is 11.8 Å². The van der Waals surface area contributed by atoms with Crippen molar-refractivity contribution < 1.29 is 9.59 Å². The van der Waals surface area contributed by atoms with Crippen LogP contribution in [0.5, 0.6) is 0 Å². The number of piperazine rings is 1. The summed E-state index contributed by atoms with van der Waals surface area (Å²) in [6.45, 7) is 6.97. The van der Waals surface area contributed by atoms with Crippen LogP contribution in [0.25, 0.3) is 0 Å². The second-order valence-electron chi connectivity index (χ2n) is 5.86. The zero-order valence-corrected chi connectivity index (χ0v) is 12.6. The molecule has 0 spiro atoms. The molecule has 2 aliphatic heterocycles. The van der Waals surface area contributed by atoms with E-state index in [9.17, 15) is 9.59 Å². The molecule has 0 bridgehead atoms. The third-order valence-electron chi connectivity index (χ3n) is 4.57. The summed E-state index contributed by atoms with van der Waals surface area (Å²) in [5, 5.41) is 3.24. The molecule has 0 aromatic carbocycles. The van der Waals surface area contributed by atoms with E-state index in [4.69, 9.17) is 0 Å². The van der Waals surface area contributed by atoms with Gasteiger partial charge in [-0.3, -0.25) is 9.59 Å². The predicted octanol–water partition coefficient (Wildman–Crippen LogP) is 0.847. The number of carbonyl (C=O) groups is 2. The fourth-order valence-corrected chi connectivity index (χ4v) is 3.04. The van der Waals surface area contributed by atoms with Gasteiger partial charge < -0.3 is 15.1 Å². The van der Waals surface area contributed by atoms with Gasteiger partial charge in [0.2, 0.25) is 11.8 Å². The summed E-state index contributed by atoms with van der Waals surface area (Å²) in [7, 11) is 0. The Kier molecular flexibility index (Phi) is 5.83. The van der Waals surface area contributed by atoms with Gasteiger partial charge >= 0.3 is 0 Å². The first-order valence-electron chi connectivity index (χ1n) is 7.97. The number of likely N-dealkylation sites (tertiary alicyclic amines) is 1. The highest BCUT2D eigenvalue weighted by atomic mass is 16.2. The highest BCUT2D eigenvalue weighted by Crippen LogP contribution is 2.21. The Morgan fingerprint density at radius 2 is 2.00 bits per heavy atom. The molecule has 0 saturated carbocycles. The molecule has 5 heteroatoms. The minimum atomic E-state index is 0.190. The summed E-state index contributed by atoms with van der Waals surface area (Å²) in [4.78, 5) is 28.0. The number of amides is 2. The van der Waals surface area contributed by atoms with Crippen molar-refractivity contribution in [3.63, 3.8) is 0 Å². The molecular weight excluding hydrogens is 254 g/mol. The number of carbonyl (C=O) groups excluding carboxylic acids is 2. The lowest BCUT2D eigenvalue weighted by atomic mass is 9.98. The van der Waals surface area contributed by atoms with E-state index in [0.717, 1.165) is 52.0 Å². The maximum Gasteiger partial charge on any atom is 0.224 e. The van der Waals surface area contributed by atoms with Crippen molar-refractivity contribution in [2.45, 2.75) is 39.0 Å². The lowest BCUT2D eigenvalue weighted by Gasteiger charge is -2.28. The Morgan fingerprint density at radius 3 is 2.70 bits per heavy atom. The molecule has 5 nitrogen and oxygen atoms in total. The standard InChI is InChI=1S/C15H27N3O2/c1-2-13-3-4-14(19)17(9-5-13)10-6-15(20)18-11-7-16-8-12-18/h13,16H,2-12H2,1H3. The summed E-state index contributed by atoms with van der Waals surface area (Å²) >= 11 is 0. The van der Waals surface area contributed by atoms with E-state index in [1.54, 1.807) is 0 Å². The van der Waals surface area contributed by atoms with Crippen LogP contribution >= 0.6 is 0 Å². The van der Waals surface area contributed by atoms with Gasteiger partial charge in [0.05, 0.1) is 0 Å². The maximum atomic E-state index is 12.1. The molecule has 2 heterocycles. The molecule has 2 rings (SSSR count). The first-order valence-corrected chi connectivity index (χ1v) is 7.97. The second-order valence-corrected chi connectivity index (χ2v) is 5.86. The summed E-state index contributed by atoms with van der Waals surface area (Å²) < 4.78 is 0. The molecule has 0 radical (unpaired) electrons. The van der Waals surface area contributed by atoms with Gasteiger partial charge in [-0.25, -0.2) is 0 Å². The van der Waals surface area contributed by atoms with Gasteiger partial charge in [0.15, 0.2) is 0 Å². The van der Waals surface area contributed by atoms with Gasteiger partial charge in [-0.05, 0) is 18.8 Å². The van der Waals surface area contributed by atoms with E-state index in [-0.39, 0.29) is 11.8 Å². The van der Waals surface area contributed by atoms with Crippen LogP contribution in [0.2, 0.25) is 0 Å². The molecule has 20 heavy (non-hydrogen) atoms. The number of nitrogens with zero attached hydrogens (tertiary/aromatic N) is 2. The smallest absolute Gasteiger partial charge is 0.224 e. The quantitative estimate of drug-likeness (QED) is 0.831. The van der Waals surface area contributed by atoms with Crippen molar-refractivity contribution in [3.05, 3.63) is 0 Å². The normalized spacial score (nSPS) is 24.6. The van der Waals surface area contributed by atoms with Gasteiger partial charge in [-0.2, -0.15) is 0 Å². The van der Waals surface area contributed by atoms with Gasteiger partial charge in [0.1, 0.15) is 0 Å². The Bertz CT molecular complexity index is 340. The van der Waals surface area contributed by atoms with Crippen molar-refractivity contribution in [1.82, 2.24) is 15.1 Å². The lowest BCUT2D eigenvalue weighted by molar-refractivity contribution is -0.134. The van der Waals surface area contributed by atoms with Crippen LogP contribution < -0.4 is 5.32 Å². The molecule has 2 aliphatic rings. The third-order valence-corrected chi connectivity index (χ3v) is 4.57. The zero-order chi connectivity index (χ0) is 14.4. The number of hydrogen-bond acceptors (Lipinski definition) is 3. The minimum absolute atomic E-state index is 0.190. The van der Waals surface area contributed by atoms with Crippen LogP contribution in [0.1, 0.15) is 39.0 Å². The number of nitrogens with one attached hydrogen (secondary N) is 1. The van der Waals surface area contributed by atoms with E-state index in [2.05, 4.69) is 12.2 Å². The molecule has 114 valence electrons. The Hall–Kier alpha value is -1.10. The predicted molar refractivity (Wildman–Crippen MR) is 78.3 cm³/mol. The largest absolute Gasteiger partial charge is 0.342 e. The van der Waals surface area contributed by atoms with E-state index < -0.39 is 0 Å².